The molecule has 1 aromatic heterocycles. The highest BCUT2D eigenvalue weighted by atomic mass is 32.2. The minimum atomic E-state index is 0.319. The van der Waals surface area contributed by atoms with E-state index >= 15 is 0 Å². The molecule has 1 fully saturated rings. The van der Waals surface area contributed by atoms with Crippen LogP contribution in [0.4, 0.5) is 5.82 Å². The standard InChI is InChI=1S/C14H23N3OS/c1-14(2,3)19-7-5-15-13-8-12(16-10-17-13)11-4-6-18-9-11/h8,10-11H,4-7,9H2,1-3H3,(H,15,16,17). The molecular weight excluding hydrogens is 258 g/mol. The van der Waals surface area contributed by atoms with Gasteiger partial charge in [-0.25, -0.2) is 9.97 Å². The van der Waals surface area contributed by atoms with Crippen LogP contribution in [0.15, 0.2) is 12.4 Å². The molecule has 1 atom stereocenters. The summed E-state index contributed by atoms with van der Waals surface area (Å²) in [5, 5.41) is 3.37. The molecule has 1 aliphatic heterocycles. The van der Waals surface area contributed by atoms with Crippen LogP contribution in [0, 0.1) is 0 Å². The van der Waals surface area contributed by atoms with Crippen molar-refractivity contribution >= 4 is 17.6 Å². The maximum Gasteiger partial charge on any atom is 0.129 e. The largest absolute Gasteiger partial charge is 0.381 e. The fraction of sp³-hybridized carbons (Fsp3) is 0.714. The van der Waals surface area contributed by atoms with Gasteiger partial charge in [-0.15, -0.1) is 0 Å². The average Bonchev–Trinajstić information content (AvgIpc) is 2.88. The van der Waals surface area contributed by atoms with Crippen LogP contribution in [0.25, 0.3) is 0 Å². The van der Waals surface area contributed by atoms with Crippen molar-refractivity contribution < 1.29 is 4.74 Å². The first-order valence-electron chi connectivity index (χ1n) is 6.82. The van der Waals surface area contributed by atoms with Crippen molar-refractivity contribution in [2.75, 3.05) is 30.8 Å². The van der Waals surface area contributed by atoms with Crippen molar-refractivity contribution in [3.05, 3.63) is 18.1 Å². The first-order valence-corrected chi connectivity index (χ1v) is 7.81. The highest BCUT2D eigenvalue weighted by Crippen LogP contribution is 2.25. The number of rotatable bonds is 5. The summed E-state index contributed by atoms with van der Waals surface area (Å²) in [5.41, 5.74) is 1.10. The molecule has 2 heterocycles. The Morgan fingerprint density at radius 2 is 2.26 bits per heavy atom. The number of nitrogens with one attached hydrogen (secondary N) is 1. The molecular formula is C14H23N3OS. The summed E-state index contributed by atoms with van der Waals surface area (Å²) in [7, 11) is 0. The second-order valence-corrected chi connectivity index (χ2v) is 7.70. The van der Waals surface area contributed by atoms with Crippen molar-refractivity contribution in [2.45, 2.75) is 37.9 Å². The monoisotopic (exact) mass is 281 g/mol. The number of hydrogen-bond donors (Lipinski definition) is 1. The van der Waals surface area contributed by atoms with Crippen LogP contribution >= 0.6 is 11.8 Å². The van der Waals surface area contributed by atoms with Crippen LogP contribution in [-0.2, 0) is 4.74 Å². The minimum absolute atomic E-state index is 0.319. The molecule has 1 aromatic rings. The Morgan fingerprint density at radius 3 is 2.95 bits per heavy atom. The summed E-state index contributed by atoms with van der Waals surface area (Å²) in [6, 6.07) is 2.06. The van der Waals surface area contributed by atoms with E-state index in [9.17, 15) is 0 Å². The second kappa shape index (κ2) is 6.57. The van der Waals surface area contributed by atoms with Crippen molar-refractivity contribution in [3.63, 3.8) is 0 Å². The van der Waals surface area contributed by atoms with Crippen LogP contribution in [0.5, 0.6) is 0 Å². The molecule has 1 unspecified atom stereocenters. The normalized spacial score (nSPS) is 19.6. The Hall–Kier alpha value is -0.810. The highest BCUT2D eigenvalue weighted by molar-refractivity contribution is 8.00. The first-order chi connectivity index (χ1) is 9.04. The van der Waals surface area contributed by atoms with Crippen LogP contribution in [0.2, 0.25) is 0 Å². The average molecular weight is 281 g/mol. The smallest absolute Gasteiger partial charge is 0.129 e. The van der Waals surface area contributed by atoms with Gasteiger partial charge in [0.05, 0.1) is 12.3 Å². The van der Waals surface area contributed by atoms with E-state index in [4.69, 9.17) is 4.74 Å². The molecule has 0 bridgehead atoms. The van der Waals surface area contributed by atoms with Crippen molar-refractivity contribution in [1.82, 2.24) is 9.97 Å². The van der Waals surface area contributed by atoms with E-state index in [-0.39, 0.29) is 0 Å². The lowest BCUT2D eigenvalue weighted by molar-refractivity contribution is 0.193. The molecule has 0 aliphatic carbocycles. The van der Waals surface area contributed by atoms with Crippen LogP contribution in [0.1, 0.15) is 38.8 Å². The van der Waals surface area contributed by atoms with E-state index in [0.717, 1.165) is 43.4 Å². The fourth-order valence-electron chi connectivity index (χ4n) is 2.00. The Morgan fingerprint density at radius 1 is 1.42 bits per heavy atom. The van der Waals surface area contributed by atoms with E-state index in [0.29, 0.717) is 10.7 Å². The summed E-state index contributed by atoms with van der Waals surface area (Å²) in [6.45, 7) is 9.27. The predicted octanol–water partition coefficient (Wildman–Crippen LogP) is 2.92. The molecule has 0 radical (unpaired) electrons. The Bertz CT molecular complexity index is 400. The van der Waals surface area contributed by atoms with Crippen LogP contribution < -0.4 is 5.32 Å². The maximum atomic E-state index is 5.40. The van der Waals surface area contributed by atoms with Gasteiger partial charge in [0.25, 0.3) is 0 Å². The molecule has 0 saturated carbocycles. The molecule has 1 saturated heterocycles. The molecule has 1 aliphatic rings. The van der Waals surface area contributed by atoms with Gasteiger partial charge >= 0.3 is 0 Å². The lowest BCUT2D eigenvalue weighted by Gasteiger charge is -2.17. The number of anilines is 1. The number of thioether (sulfide) groups is 1. The number of ether oxygens (including phenoxy) is 1. The zero-order valence-corrected chi connectivity index (χ0v) is 12.8. The Labute approximate surface area is 119 Å². The van der Waals surface area contributed by atoms with Gasteiger partial charge in [-0.3, -0.25) is 0 Å². The van der Waals surface area contributed by atoms with E-state index in [2.05, 4.69) is 42.1 Å². The summed E-state index contributed by atoms with van der Waals surface area (Å²) in [5.74, 6) is 2.44. The van der Waals surface area contributed by atoms with Gasteiger partial charge < -0.3 is 10.1 Å². The van der Waals surface area contributed by atoms with Crippen molar-refractivity contribution in [3.8, 4) is 0 Å². The van der Waals surface area contributed by atoms with Crippen LogP contribution in [0.3, 0.4) is 0 Å². The molecule has 1 N–H and O–H groups in total. The molecule has 0 aromatic carbocycles. The lowest BCUT2D eigenvalue weighted by atomic mass is 10.1. The van der Waals surface area contributed by atoms with Gasteiger partial charge in [0.1, 0.15) is 12.1 Å². The van der Waals surface area contributed by atoms with E-state index in [1.807, 2.05) is 11.8 Å². The number of aromatic nitrogens is 2. The van der Waals surface area contributed by atoms with E-state index < -0.39 is 0 Å². The second-order valence-electron chi connectivity index (χ2n) is 5.78. The highest BCUT2D eigenvalue weighted by Gasteiger charge is 2.19. The summed E-state index contributed by atoms with van der Waals surface area (Å²) in [4.78, 5) is 8.63. The zero-order chi connectivity index (χ0) is 13.7. The molecule has 106 valence electrons. The molecule has 0 spiro atoms. The van der Waals surface area contributed by atoms with Gasteiger partial charge in [0.2, 0.25) is 0 Å². The van der Waals surface area contributed by atoms with Crippen molar-refractivity contribution in [2.24, 2.45) is 0 Å². The molecule has 0 amide bonds. The topological polar surface area (TPSA) is 47.0 Å². The third-order valence-corrected chi connectivity index (χ3v) is 4.25. The predicted molar refractivity (Wildman–Crippen MR) is 80.9 cm³/mol. The Balaban J connectivity index is 1.82. The van der Waals surface area contributed by atoms with Gasteiger partial charge in [-0.1, -0.05) is 20.8 Å². The third-order valence-electron chi connectivity index (χ3n) is 2.98. The zero-order valence-electron chi connectivity index (χ0n) is 12.0. The number of nitrogens with zero attached hydrogens (tertiary/aromatic N) is 2. The SMILES string of the molecule is CC(C)(C)SCCNc1cc(C2CCOC2)ncn1. The summed E-state index contributed by atoms with van der Waals surface area (Å²) >= 11 is 1.96. The maximum absolute atomic E-state index is 5.40. The van der Waals surface area contributed by atoms with Gasteiger partial charge in [0, 0.05) is 35.6 Å². The first kappa shape index (κ1) is 14.6. The minimum Gasteiger partial charge on any atom is -0.381 e. The van der Waals surface area contributed by atoms with Gasteiger partial charge in [-0.2, -0.15) is 11.8 Å². The summed E-state index contributed by atoms with van der Waals surface area (Å²) in [6.07, 6.45) is 2.71. The number of hydrogen-bond acceptors (Lipinski definition) is 5. The van der Waals surface area contributed by atoms with Gasteiger partial charge in [0.15, 0.2) is 0 Å². The molecule has 5 heteroatoms. The Kier molecular flexibility index (Phi) is 5.05. The van der Waals surface area contributed by atoms with E-state index in [1.165, 1.54) is 0 Å². The summed E-state index contributed by atoms with van der Waals surface area (Å²) < 4.78 is 5.72. The molecule has 4 nitrogen and oxygen atoms in total. The lowest BCUT2D eigenvalue weighted by Crippen LogP contribution is -2.13. The molecule has 2 rings (SSSR count). The van der Waals surface area contributed by atoms with Gasteiger partial charge in [-0.05, 0) is 6.42 Å². The third kappa shape index (κ3) is 4.99. The van der Waals surface area contributed by atoms with E-state index in [1.54, 1.807) is 6.33 Å². The van der Waals surface area contributed by atoms with Crippen LogP contribution in [-0.4, -0.2) is 40.2 Å². The molecule has 19 heavy (non-hydrogen) atoms. The quantitative estimate of drug-likeness (QED) is 0.841. The fourth-order valence-corrected chi connectivity index (χ4v) is 2.81. The van der Waals surface area contributed by atoms with Crippen molar-refractivity contribution in [1.29, 1.82) is 0 Å².